The van der Waals surface area contributed by atoms with E-state index in [4.69, 9.17) is 10.5 Å². The number of ether oxygens (including phenoxy) is 1. The molecule has 0 unspecified atom stereocenters. The summed E-state index contributed by atoms with van der Waals surface area (Å²) in [7, 11) is 0. The molecule has 0 fully saturated rings. The second-order valence-electron chi connectivity index (χ2n) is 5.16. The molecule has 3 aromatic rings. The molecule has 0 heterocycles. The standard InChI is InChI=1S/C19H15NO3/c20-19(22)14-5-3-6-16(10-14)23-12-15-9-8-13-4-1-2-7-17(13)18(15)11-21/h1-11H,12H2,(H2,20,22). The smallest absolute Gasteiger partial charge is 0.248 e. The van der Waals surface area contributed by atoms with Gasteiger partial charge in [-0.2, -0.15) is 0 Å². The van der Waals surface area contributed by atoms with Crippen LogP contribution in [0, 0.1) is 0 Å². The van der Waals surface area contributed by atoms with Gasteiger partial charge in [0.1, 0.15) is 12.4 Å². The van der Waals surface area contributed by atoms with Crippen molar-refractivity contribution in [1.29, 1.82) is 0 Å². The molecular formula is C19H15NO3. The zero-order valence-electron chi connectivity index (χ0n) is 12.4. The summed E-state index contributed by atoms with van der Waals surface area (Å²) in [6.45, 7) is 0.237. The van der Waals surface area contributed by atoms with Crippen LogP contribution in [0.3, 0.4) is 0 Å². The maximum Gasteiger partial charge on any atom is 0.248 e. The lowest BCUT2D eigenvalue weighted by Gasteiger charge is -2.11. The van der Waals surface area contributed by atoms with Gasteiger partial charge in [0.2, 0.25) is 5.91 Å². The van der Waals surface area contributed by atoms with Gasteiger partial charge in [-0.3, -0.25) is 9.59 Å². The average molecular weight is 305 g/mol. The fourth-order valence-corrected chi connectivity index (χ4v) is 2.51. The van der Waals surface area contributed by atoms with Crippen LogP contribution in [0.2, 0.25) is 0 Å². The van der Waals surface area contributed by atoms with Crippen LogP contribution in [0.15, 0.2) is 60.7 Å². The van der Waals surface area contributed by atoms with Gasteiger partial charge >= 0.3 is 0 Å². The average Bonchev–Trinajstić information content (AvgIpc) is 2.59. The molecule has 3 aromatic carbocycles. The van der Waals surface area contributed by atoms with Gasteiger partial charge < -0.3 is 10.5 Å². The molecule has 4 heteroatoms. The third-order valence-corrected chi connectivity index (χ3v) is 3.69. The Labute approximate surface area is 133 Å². The number of amides is 1. The lowest BCUT2D eigenvalue weighted by molar-refractivity contribution is 0.0999. The summed E-state index contributed by atoms with van der Waals surface area (Å²) in [5.74, 6) is 0.0287. The van der Waals surface area contributed by atoms with Gasteiger partial charge in [-0.25, -0.2) is 0 Å². The van der Waals surface area contributed by atoms with Crippen molar-refractivity contribution in [2.45, 2.75) is 6.61 Å². The van der Waals surface area contributed by atoms with E-state index in [0.29, 0.717) is 16.9 Å². The van der Waals surface area contributed by atoms with Crippen molar-refractivity contribution in [1.82, 2.24) is 0 Å². The van der Waals surface area contributed by atoms with E-state index in [-0.39, 0.29) is 6.61 Å². The summed E-state index contributed by atoms with van der Waals surface area (Å²) in [6, 6.07) is 18.2. The molecule has 23 heavy (non-hydrogen) atoms. The predicted molar refractivity (Wildman–Crippen MR) is 88.6 cm³/mol. The number of rotatable bonds is 5. The van der Waals surface area contributed by atoms with Crippen LogP contribution in [0.4, 0.5) is 0 Å². The highest BCUT2D eigenvalue weighted by molar-refractivity contribution is 5.99. The normalized spacial score (nSPS) is 10.4. The highest BCUT2D eigenvalue weighted by atomic mass is 16.5. The minimum atomic E-state index is -0.505. The molecule has 0 aliphatic rings. The van der Waals surface area contributed by atoms with Crippen molar-refractivity contribution in [3.05, 3.63) is 77.4 Å². The monoisotopic (exact) mass is 305 g/mol. The Morgan fingerprint density at radius 2 is 1.87 bits per heavy atom. The lowest BCUT2D eigenvalue weighted by Crippen LogP contribution is -2.10. The van der Waals surface area contributed by atoms with Gasteiger partial charge in [-0.05, 0) is 29.0 Å². The number of aldehydes is 1. The van der Waals surface area contributed by atoms with E-state index in [9.17, 15) is 9.59 Å². The molecule has 0 atom stereocenters. The van der Waals surface area contributed by atoms with Gasteiger partial charge in [0.25, 0.3) is 0 Å². The highest BCUT2D eigenvalue weighted by Gasteiger charge is 2.08. The Morgan fingerprint density at radius 3 is 2.65 bits per heavy atom. The van der Waals surface area contributed by atoms with Crippen LogP contribution in [-0.2, 0) is 6.61 Å². The Morgan fingerprint density at radius 1 is 1.04 bits per heavy atom. The summed E-state index contributed by atoms with van der Waals surface area (Å²) in [6.07, 6.45) is 0.848. The molecule has 0 saturated heterocycles. The maximum absolute atomic E-state index is 11.5. The summed E-state index contributed by atoms with van der Waals surface area (Å²) in [5, 5.41) is 1.91. The van der Waals surface area contributed by atoms with Crippen LogP contribution < -0.4 is 10.5 Å². The topological polar surface area (TPSA) is 69.4 Å². The number of hydrogen-bond acceptors (Lipinski definition) is 3. The molecule has 0 radical (unpaired) electrons. The molecular weight excluding hydrogens is 290 g/mol. The number of benzene rings is 3. The first-order valence-electron chi connectivity index (χ1n) is 7.17. The van der Waals surface area contributed by atoms with E-state index in [1.165, 1.54) is 0 Å². The van der Waals surface area contributed by atoms with Crippen LogP contribution in [0.25, 0.3) is 10.8 Å². The molecule has 0 saturated carbocycles. The summed E-state index contributed by atoms with van der Waals surface area (Å²) in [5.41, 5.74) is 7.06. The molecule has 2 N–H and O–H groups in total. The molecule has 0 aliphatic carbocycles. The fraction of sp³-hybridized carbons (Fsp3) is 0.0526. The van der Waals surface area contributed by atoms with E-state index in [0.717, 1.165) is 22.6 Å². The molecule has 0 bridgehead atoms. The molecule has 0 aliphatic heterocycles. The summed E-state index contributed by atoms with van der Waals surface area (Å²) in [4.78, 5) is 22.7. The second-order valence-corrected chi connectivity index (χ2v) is 5.16. The van der Waals surface area contributed by atoms with Crippen molar-refractivity contribution < 1.29 is 14.3 Å². The molecule has 1 amide bonds. The van der Waals surface area contributed by atoms with E-state index in [1.54, 1.807) is 24.3 Å². The van der Waals surface area contributed by atoms with Crippen molar-refractivity contribution in [2.24, 2.45) is 5.73 Å². The molecule has 114 valence electrons. The Kier molecular flexibility index (Phi) is 4.06. The van der Waals surface area contributed by atoms with Crippen molar-refractivity contribution in [3.63, 3.8) is 0 Å². The first-order chi connectivity index (χ1) is 11.2. The third kappa shape index (κ3) is 3.06. The fourth-order valence-electron chi connectivity index (χ4n) is 2.51. The van der Waals surface area contributed by atoms with Crippen LogP contribution in [-0.4, -0.2) is 12.2 Å². The van der Waals surface area contributed by atoms with Gasteiger partial charge in [0.15, 0.2) is 6.29 Å². The van der Waals surface area contributed by atoms with Gasteiger partial charge in [0.05, 0.1) is 0 Å². The van der Waals surface area contributed by atoms with E-state index in [2.05, 4.69) is 0 Å². The minimum Gasteiger partial charge on any atom is -0.489 e. The summed E-state index contributed by atoms with van der Waals surface area (Å²) >= 11 is 0. The lowest BCUT2D eigenvalue weighted by atomic mass is 10.0. The van der Waals surface area contributed by atoms with Crippen molar-refractivity contribution >= 4 is 23.0 Å². The SMILES string of the molecule is NC(=O)c1cccc(OCc2ccc3ccccc3c2C=O)c1. The van der Waals surface area contributed by atoms with E-state index >= 15 is 0 Å². The van der Waals surface area contributed by atoms with Crippen LogP contribution in [0.1, 0.15) is 26.3 Å². The number of fused-ring (bicyclic) bond motifs is 1. The molecule has 0 spiro atoms. The zero-order chi connectivity index (χ0) is 16.2. The Hall–Kier alpha value is -3.14. The first kappa shape index (κ1) is 14.8. The number of primary amides is 1. The molecule has 3 rings (SSSR count). The van der Waals surface area contributed by atoms with Crippen molar-refractivity contribution in [3.8, 4) is 5.75 Å². The molecule has 4 nitrogen and oxygen atoms in total. The van der Waals surface area contributed by atoms with Crippen LogP contribution in [0.5, 0.6) is 5.75 Å². The number of nitrogens with two attached hydrogens (primary N) is 1. The van der Waals surface area contributed by atoms with Crippen LogP contribution >= 0.6 is 0 Å². The Balaban J connectivity index is 1.89. The second kappa shape index (κ2) is 6.32. The van der Waals surface area contributed by atoms with E-state index in [1.807, 2.05) is 36.4 Å². The van der Waals surface area contributed by atoms with E-state index < -0.39 is 5.91 Å². The highest BCUT2D eigenvalue weighted by Crippen LogP contribution is 2.23. The zero-order valence-corrected chi connectivity index (χ0v) is 12.4. The first-order valence-corrected chi connectivity index (χ1v) is 7.17. The largest absolute Gasteiger partial charge is 0.489 e. The molecule has 0 aromatic heterocycles. The number of hydrogen-bond donors (Lipinski definition) is 1. The quantitative estimate of drug-likeness (QED) is 0.735. The third-order valence-electron chi connectivity index (χ3n) is 3.69. The number of carbonyl (C=O) groups is 2. The minimum absolute atomic E-state index is 0.237. The van der Waals surface area contributed by atoms with Gasteiger partial charge in [-0.15, -0.1) is 0 Å². The van der Waals surface area contributed by atoms with Gasteiger partial charge in [-0.1, -0.05) is 42.5 Å². The predicted octanol–water partition coefficient (Wildman–Crippen LogP) is 3.33. The summed E-state index contributed by atoms with van der Waals surface area (Å²) < 4.78 is 5.71. The van der Waals surface area contributed by atoms with Gasteiger partial charge in [0, 0.05) is 16.7 Å². The Bertz CT molecular complexity index is 887. The van der Waals surface area contributed by atoms with Crippen molar-refractivity contribution in [2.75, 3.05) is 0 Å². The number of carbonyl (C=O) groups excluding carboxylic acids is 2. The maximum atomic E-state index is 11.5.